The maximum absolute atomic E-state index is 5.61. The Morgan fingerprint density at radius 3 is 2.57 bits per heavy atom. The van der Waals surface area contributed by atoms with Crippen LogP contribution in [0, 0.1) is 0 Å². The molecule has 0 unspecified atom stereocenters. The summed E-state index contributed by atoms with van der Waals surface area (Å²) in [4.78, 5) is 8.61. The van der Waals surface area contributed by atoms with Gasteiger partial charge in [-0.1, -0.05) is 44.2 Å². The molecule has 0 aliphatic heterocycles. The highest BCUT2D eigenvalue weighted by molar-refractivity contribution is 5.14. The van der Waals surface area contributed by atoms with Gasteiger partial charge in [0.15, 0.2) is 0 Å². The van der Waals surface area contributed by atoms with E-state index in [1.165, 1.54) is 5.56 Å². The second-order valence-corrected chi connectivity index (χ2v) is 5.32. The highest BCUT2D eigenvalue weighted by Crippen LogP contribution is 2.07. The standard InChI is InChI=1S/C17H23N3O/c1-14(2)18-11-16-12-20-17(13-19-16)21-10-6-9-15-7-4-3-5-8-15/h3-5,7-8,12-14,18H,6,9-11H2,1-2H3. The Morgan fingerprint density at radius 2 is 1.90 bits per heavy atom. The molecule has 1 N–H and O–H groups in total. The van der Waals surface area contributed by atoms with Crippen molar-refractivity contribution in [3.8, 4) is 5.88 Å². The van der Waals surface area contributed by atoms with E-state index >= 15 is 0 Å². The molecule has 21 heavy (non-hydrogen) atoms. The first-order chi connectivity index (χ1) is 10.2. The Morgan fingerprint density at radius 1 is 1.10 bits per heavy atom. The largest absolute Gasteiger partial charge is 0.477 e. The average molecular weight is 285 g/mol. The summed E-state index contributed by atoms with van der Waals surface area (Å²) in [5, 5.41) is 3.31. The maximum atomic E-state index is 5.61. The van der Waals surface area contributed by atoms with Crippen LogP contribution in [0.4, 0.5) is 0 Å². The molecule has 0 aliphatic rings. The van der Waals surface area contributed by atoms with E-state index in [0.717, 1.165) is 25.1 Å². The molecular formula is C17H23N3O. The SMILES string of the molecule is CC(C)NCc1cnc(OCCCc2ccccc2)cn1. The summed E-state index contributed by atoms with van der Waals surface area (Å²) in [6.45, 7) is 5.61. The van der Waals surface area contributed by atoms with E-state index < -0.39 is 0 Å². The lowest BCUT2D eigenvalue weighted by atomic mass is 10.1. The Labute approximate surface area is 126 Å². The summed E-state index contributed by atoms with van der Waals surface area (Å²) in [6, 6.07) is 10.9. The summed E-state index contributed by atoms with van der Waals surface area (Å²) in [7, 11) is 0. The van der Waals surface area contributed by atoms with Gasteiger partial charge in [0, 0.05) is 12.6 Å². The van der Waals surface area contributed by atoms with Gasteiger partial charge in [-0.05, 0) is 18.4 Å². The zero-order valence-electron chi connectivity index (χ0n) is 12.7. The number of hydrogen-bond acceptors (Lipinski definition) is 4. The van der Waals surface area contributed by atoms with E-state index in [1.54, 1.807) is 12.4 Å². The monoisotopic (exact) mass is 285 g/mol. The van der Waals surface area contributed by atoms with Gasteiger partial charge < -0.3 is 10.1 Å². The third-order valence-electron chi connectivity index (χ3n) is 3.08. The van der Waals surface area contributed by atoms with E-state index in [9.17, 15) is 0 Å². The van der Waals surface area contributed by atoms with Gasteiger partial charge in [-0.25, -0.2) is 4.98 Å². The van der Waals surface area contributed by atoms with Crippen molar-refractivity contribution in [2.75, 3.05) is 6.61 Å². The number of benzene rings is 1. The minimum absolute atomic E-state index is 0.445. The minimum Gasteiger partial charge on any atom is -0.477 e. The minimum atomic E-state index is 0.445. The van der Waals surface area contributed by atoms with Crippen LogP contribution in [0.15, 0.2) is 42.7 Å². The molecule has 1 aromatic heterocycles. The number of rotatable bonds is 8. The fourth-order valence-electron chi connectivity index (χ4n) is 1.92. The molecule has 0 saturated heterocycles. The lowest BCUT2D eigenvalue weighted by Gasteiger charge is -2.08. The quantitative estimate of drug-likeness (QED) is 0.757. The fraction of sp³-hybridized carbons (Fsp3) is 0.412. The average Bonchev–Trinajstić information content (AvgIpc) is 2.52. The predicted octanol–water partition coefficient (Wildman–Crippen LogP) is 2.99. The van der Waals surface area contributed by atoms with Gasteiger partial charge >= 0.3 is 0 Å². The van der Waals surface area contributed by atoms with Crippen molar-refractivity contribution >= 4 is 0 Å². The zero-order valence-corrected chi connectivity index (χ0v) is 12.7. The molecule has 0 spiro atoms. The maximum Gasteiger partial charge on any atom is 0.232 e. The highest BCUT2D eigenvalue weighted by atomic mass is 16.5. The van der Waals surface area contributed by atoms with Crippen molar-refractivity contribution in [3.63, 3.8) is 0 Å². The van der Waals surface area contributed by atoms with Gasteiger partial charge in [0.25, 0.3) is 0 Å². The van der Waals surface area contributed by atoms with Crippen LogP contribution in [0.5, 0.6) is 5.88 Å². The van der Waals surface area contributed by atoms with E-state index in [4.69, 9.17) is 4.74 Å². The number of nitrogens with zero attached hydrogens (tertiary/aromatic N) is 2. The van der Waals surface area contributed by atoms with E-state index in [-0.39, 0.29) is 0 Å². The molecule has 4 heteroatoms. The van der Waals surface area contributed by atoms with Gasteiger partial charge in [0.05, 0.1) is 24.7 Å². The van der Waals surface area contributed by atoms with Crippen molar-refractivity contribution in [2.45, 2.75) is 39.3 Å². The number of nitrogens with one attached hydrogen (secondary N) is 1. The smallest absolute Gasteiger partial charge is 0.232 e. The molecule has 0 radical (unpaired) electrons. The molecule has 1 aromatic carbocycles. The number of hydrogen-bond donors (Lipinski definition) is 1. The molecule has 0 amide bonds. The molecule has 0 atom stereocenters. The Hall–Kier alpha value is -1.94. The second kappa shape index (κ2) is 8.37. The van der Waals surface area contributed by atoms with E-state index in [0.29, 0.717) is 18.5 Å². The van der Waals surface area contributed by atoms with Gasteiger partial charge in [-0.3, -0.25) is 4.98 Å². The van der Waals surface area contributed by atoms with Gasteiger partial charge in [0.2, 0.25) is 5.88 Å². The first-order valence-corrected chi connectivity index (χ1v) is 7.45. The number of ether oxygens (including phenoxy) is 1. The second-order valence-electron chi connectivity index (χ2n) is 5.32. The normalized spacial score (nSPS) is 10.8. The van der Waals surface area contributed by atoms with Crippen molar-refractivity contribution in [1.29, 1.82) is 0 Å². The third kappa shape index (κ3) is 5.92. The Bertz CT molecular complexity index is 511. The van der Waals surface area contributed by atoms with E-state index in [2.05, 4.69) is 53.4 Å². The summed E-state index contributed by atoms with van der Waals surface area (Å²) in [5.74, 6) is 0.594. The fourth-order valence-corrected chi connectivity index (χ4v) is 1.92. The molecule has 0 bridgehead atoms. The number of aromatic nitrogens is 2. The van der Waals surface area contributed by atoms with Crippen molar-refractivity contribution in [2.24, 2.45) is 0 Å². The lowest BCUT2D eigenvalue weighted by molar-refractivity contribution is 0.297. The molecule has 1 heterocycles. The zero-order chi connectivity index (χ0) is 14.9. The topological polar surface area (TPSA) is 47.0 Å². The molecule has 0 fully saturated rings. The summed E-state index contributed by atoms with van der Waals surface area (Å²) < 4.78 is 5.61. The molecule has 112 valence electrons. The summed E-state index contributed by atoms with van der Waals surface area (Å²) in [6.07, 6.45) is 5.45. The van der Waals surface area contributed by atoms with E-state index in [1.807, 2.05) is 6.07 Å². The van der Waals surface area contributed by atoms with Crippen LogP contribution in [-0.4, -0.2) is 22.6 Å². The van der Waals surface area contributed by atoms with Gasteiger partial charge in [-0.15, -0.1) is 0 Å². The molecular weight excluding hydrogens is 262 g/mol. The van der Waals surface area contributed by atoms with Crippen molar-refractivity contribution < 1.29 is 4.74 Å². The highest BCUT2D eigenvalue weighted by Gasteiger charge is 2.00. The molecule has 4 nitrogen and oxygen atoms in total. The van der Waals surface area contributed by atoms with Gasteiger partial charge in [-0.2, -0.15) is 0 Å². The van der Waals surface area contributed by atoms with Crippen molar-refractivity contribution in [3.05, 3.63) is 54.0 Å². The molecule has 2 aromatic rings. The van der Waals surface area contributed by atoms with Crippen LogP contribution < -0.4 is 10.1 Å². The summed E-state index contributed by atoms with van der Waals surface area (Å²) >= 11 is 0. The molecule has 2 rings (SSSR count). The Balaban J connectivity index is 1.69. The van der Waals surface area contributed by atoms with Crippen LogP contribution in [-0.2, 0) is 13.0 Å². The third-order valence-corrected chi connectivity index (χ3v) is 3.08. The first kappa shape index (κ1) is 15.4. The van der Waals surface area contributed by atoms with Crippen molar-refractivity contribution in [1.82, 2.24) is 15.3 Å². The van der Waals surface area contributed by atoms with Gasteiger partial charge in [0.1, 0.15) is 0 Å². The van der Waals surface area contributed by atoms with Crippen LogP contribution in [0.2, 0.25) is 0 Å². The Kier molecular flexibility index (Phi) is 6.16. The van der Waals surface area contributed by atoms with Crippen LogP contribution in [0.3, 0.4) is 0 Å². The molecule has 0 saturated carbocycles. The predicted molar refractivity (Wildman–Crippen MR) is 84.3 cm³/mol. The lowest BCUT2D eigenvalue weighted by Crippen LogP contribution is -2.22. The molecule has 0 aliphatic carbocycles. The first-order valence-electron chi connectivity index (χ1n) is 7.45. The van der Waals surface area contributed by atoms with Crippen LogP contribution >= 0.6 is 0 Å². The van der Waals surface area contributed by atoms with Crippen LogP contribution in [0.25, 0.3) is 0 Å². The summed E-state index contributed by atoms with van der Waals surface area (Å²) in [5.41, 5.74) is 2.27. The number of aryl methyl sites for hydroxylation is 1. The van der Waals surface area contributed by atoms with Crippen LogP contribution in [0.1, 0.15) is 31.5 Å².